The van der Waals surface area contributed by atoms with Gasteiger partial charge in [-0.1, -0.05) is 48.5 Å². The van der Waals surface area contributed by atoms with Gasteiger partial charge >= 0.3 is 0 Å². The first-order chi connectivity index (χ1) is 11.6. The molecule has 1 aromatic heterocycles. The van der Waals surface area contributed by atoms with Crippen molar-refractivity contribution in [1.82, 2.24) is 9.97 Å². The number of nitrogens with one attached hydrogen (secondary N) is 1. The molecule has 0 aliphatic carbocycles. The standard InChI is InChI=1S/C19H17N3O2/c1-13(23)16-9-5-6-10-17(16)22-19(24)15-11-20-18(21-12-15)14-7-3-2-4-8-14/h2-13,23H,1H3,(H,22,24). The molecule has 5 heteroatoms. The van der Waals surface area contributed by atoms with Crippen molar-refractivity contribution in [2.75, 3.05) is 5.32 Å². The minimum Gasteiger partial charge on any atom is -0.389 e. The minimum absolute atomic E-state index is 0.317. The molecule has 24 heavy (non-hydrogen) atoms. The van der Waals surface area contributed by atoms with Crippen molar-refractivity contribution >= 4 is 11.6 Å². The molecule has 0 radical (unpaired) electrons. The second-order valence-electron chi connectivity index (χ2n) is 5.38. The molecule has 3 rings (SSSR count). The van der Waals surface area contributed by atoms with Crippen LogP contribution in [0.5, 0.6) is 0 Å². The molecular weight excluding hydrogens is 302 g/mol. The van der Waals surface area contributed by atoms with Crippen LogP contribution in [0.4, 0.5) is 5.69 Å². The molecule has 0 bridgehead atoms. The highest BCUT2D eigenvalue weighted by Gasteiger charge is 2.12. The van der Waals surface area contributed by atoms with Crippen molar-refractivity contribution in [1.29, 1.82) is 0 Å². The first-order valence-corrected chi connectivity index (χ1v) is 7.61. The van der Waals surface area contributed by atoms with Gasteiger partial charge in [0.2, 0.25) is 0 Å². The number of para-hydroxylation sites is 1. The van der Waals surface area contributed by atoms with Gasteiger partial charge in [-0.25, -0.2) is 9.97 Å². The fourth-order valence-electron chi connectivity index (χ4n) is 2.35. The van der Waals surface area contributed by atoms with Crippen LogP contribution in [0.3, 0.4) is 0 Å². The van der Waals surface area contributed by atoms with Crippen LogP contribution in [0, 0.1) is 0 Å². The molecule has 5 nitrogen and oxygen atoms in total. The van der Waals surface area contributed by atoms with E-state index in [0.29, 0.717) is 22.6 Å². The van der Waals surface area contributed by atoms with E-state index < -0.39 is 6.10 Å². The fraction of sp³-hybridized carbons (Fsp3) is 0.105. The fourth-order valence-corrected chi connectivity index (χ4v) is 2.35. The summed E-state index contributed by atoms with van der Waals surface area (Å²) in [6, 6.07) is 16.7. The predicted octanol–water partition coefficient (Wildman–Crippen LogP) is 3.45. The SMILES string of the molecule is CC(O)c1ccccc1NC(=O)c1cnc(-c2ccccc2)nc1. The van der Waals surface area contributed by atoms with Gasteiger partial charge in [0.25, 0.3) is 5.91 Å². The summed E-state index contributed by atoms with van der Waals surface area (Å²) in [6.07, 6.45) is 2.32. The number of benzene rings is 2. The van der Waals surface area contributed by atoms with Crippen LogP contribution >= 0.6 is 0 Å². The number of hydrogen-bond acceptors (Lipinski definition) is 4. The van der Waals surface area contributed by atoms with Gasteiger partial charge in [0.05, 0.1) is 11.7 Å². The Balaban J connectivity index is 1.79. The largest absolute Gasteiger partial charge is 0.389 e. The summed E-state index contributed by atoms with van der Waals surface area (Å²) in [6.45, 7) is 1.66. The first kappa shape index (κ1) is 15.8. The number of rotatable bonds is 4. The monoisotopic (exact) mass is 319 g/mol. The van der Waals surface area contributed by atoms with Gasteiger partial charge < -0.3 is 10.4 Å². The molecule has 0 aliphatic rings. The summed E-state index contributed by atoms with van der Waals surface area (Å²) >= 11 is 0. The smallest absolute Gasteiger partial charge is 0.258 e. The van der Waals surface area contributed by atoms with Crippen molar-refractivity contribution in [3.8, 4) is 11.4 Å². The van der Waals surface area contributed by atoms with Gasteiger partial charge in [0.15, 0.2) is 5.82 Å². The van der Waals surface area contributed by atoms with Gasteiger partial charge in [-0.3, -0.25) is 4.79 Å². The first-order valence-electron chi connectivity index (χ1n) is 7.61. The van der Waals surface area contributed by atoms with Crippen molar-refractivity contribution in [2.45, 2.75) is 13.0 Å². The van der Waals surface area contributed by atoms with E-state index in [4.69, 9.17) is 0 Å². The summed E-state index contributed by atoms with van der Waals surface area (Å²) in [5, 5.41) is 12.6. The van der Waals surface area contributed by atoms with Crippen molar-refractivity contribution < 1.29 is 9.90 Å². The highest BCUT2D eigenvalue weighted by Crippen LogP contribution is 2.22. The van der Waals surface area contributed by atoms with Crippen LogP contribution in [-0.4, -0.2) is 21.0 Å². The topological polar surface area (TPSA) is 75.1 Å². The van der Waals surface area contributed by atoms with Crippen LogP contribution in [0.1, 0.15) is 28.9 Å². The normalized spacial score (nSPS) is 11.8. The predicted molar refractivity (Wildman–Crippen MR) is 92.5 cm³/mol. The average Bonchev–Trinajstić information content (AvgIpc) is 2.63. The van der Waals surface area contributed by atoms with E-state index >= 15 is 0 Å². The van der Waals surface area contributed by atoms with E-state index in [9.17, 15) is 9.90 Å². The summed E-state index contributed by atoms with van der Waals surface area (Å²) in [7, 11) is 0. The van der Waals surface area contributed by atoms with Crippen molar-refractivity contribution in [2.24, 2.45) is 0 Å². The number of anilines is 1. The van der Waals surface area contributed by atoms with Crippen LogP contribution in [0.2, 0.25) is 0 Å². The van der Waals surface area contributed by atoms with E-state index in [0.717, 1.165) is 5.56 Å². The molecule has 2 aromatic carbocycles. The van der Waals surface area contributed by atoms with Gasteiger partial charge in [0, 0.05) is 29.2 Å². The maximum Gasteiger partial charge on any atom is 0.258 e. The average molecular weight is 319 g/mol. The number of amides is 1. The van der Waals surface area contributed by atoms with E-state index in [2.05, 4.69) is 15.3 Å². The number of hydrogen-bond donors (Lipinski definition) is 2. The molecule has 0 fully saturated rings. The summed E-state index contributed by atoms with van der Waals surface area (Å²) in [5.74, 6) is 0.249. The van der Waals surface area contributed by atoms with E-state index in [1.54, 1.807) is 25.1 Å². The third kappa shape index (κ3) is 3.47. The lowest BCUT2D eigenvalue weighted by atomic mass is 10.1. The molecule has 0 aliphatic heterocycles. The maximum atomic E-state index is 12.4. The molecule has 1 unspecified atom stereocenters. The lowest BCUT2D eigenvalue weighted by Crippen LogP contribution is -2.14. The maximum absolute atomic E-state index is 12.4. The third-order valence-electron chi connectivity index (χ3n) is 3.61. The lowest BCUT2D eigenvalue weighted by Gasteiger charge is -2.12. The molecule has 1 heterocycles. The van der Waals surface area contributed by atoms with Crippen LogP contribution < -0.4 is 5.32 Å². The molecule has 120 valence electrons. The number of carbonyl (C=O) groups excluding carboxylic acids is 1. The third-order valence-corrected chi connectivity index (χ3v) is 3.61. The Morgan fingerprint density at radius 1 is 1.00 bits per heavy atom. The molecule has 3 aromatic rings. The number of carbonyl (C=O) groups is 1. The number of aliphatic hydroxyl groups is 1. The zero-order chi connectivity index (χ0) is 16.9. The van der Waals surface area contributed by atoms with Crippen LogP contribution in [-0.2, 0) is 0 Å². The Morgan fingerprint density at radius 3 is 2.29 bits per heavy atom. The Hall–Kier alpha value is -3.05. The number of aromatic nitrogens is 2. The molecule has 1 atom stereocenters. The zero-order valence-corrected chi connectivity index (χ0v) is 13.2. The number of aliphatic hydroxyl groups excluding tert-OH is 1. The van der Waals surface area contributed by atoms with Gasteiger partial charge in [-0.2, -0.15) is 0 Å². The number of nitrogens with zero attached hydrogens (tertiary/aromatic N) is 2. The zero-order valence-electron chi connectivity index (χ0n) is 13.2. The second-order valence-corrected chi connectivity index (χ2v) is 5.38. The summed E-state index contributed by atoms with van der Waals surface area (Å²) in [5.41, 5.74) is 2.48. The van der Waals surface area contributed by atoms with E-state index in [1.807, 2.05) is 36.4 Å². The van der Waals surface area contributed by atoms with E-state index in [1.165, 1.54) is 12.4 Å². The summed E-state index contributed by atoms with van der Waals surface area (Å²) < 4.78 is 0. The Morgan fingerprint density at radius 2 is 1.62 bits per heavy atom. The molecule has 0 spiro atoms. The molecular formula is C19H17N3O2. The Kier molecular flexibility index (Phi) is 4.63. The lowest BCUT2D eigenvalue weighted by molar-refractivity contribution is 0.102. The highest BCUT2D eigenvalue weighted by molar-refractivity contribution is 6.04. The van der Waals surface area contributed by atoms with Gasteiger partial charge in [-0.15, -0.1) is 0 Å². The molecule has 1 amide bonds. The highest BCUT2D eigenvalue weighted by atomic mass is 16.3. The van der Waals surface area contributed by atoms with Crippen molar-refractivity contribution in [3.05, 3.63) is 78.1 Å². The second kappa shape index (κ2) is 7.02. The van der Waals surface area contributed by atoms with Crippen LogP contribution in [0.25, 0.3) is 11.4 Å². The Labute approximate surface area is 140 Å². The molecule has 0 saturated carbocycles. The summed E-state index contributed by atoms with van der Waals surface area (Å²) in [4.78, 5) is 20.9. The van der Waals surface area contributed by atoms with Gasteiger partial charge in [-0.05, 0) is 13.0 Å². The van der Waals surface area contributed by atoms with E-state index in [-0.39, 0.29) is 5.91 Å². The minimum atomic E-state index is -0.668. The molecule has 0 saturated heterocycles. The van der Waals surface area contributed by atoms with Gasteiger partial charge in [0.1, 0.15) is 0 Å². The molecule has 2 N–H and O–H groups in total. The quantitative estimate of drug-likeness (QED) is 0.772. The Bertz CT molecular complexity index is 831. The van der Waals surface area contributed by atoms with Crippen LogP contribution in [0.15, 0.2) is 67.0 Å². The van der Waals surface area contributed by atoms with Crippen molar-refractivity contribution in [3.63, 3.8) is 0 Å².